The standard InChI is InChI=1S/C15H24N2O4/c1-2-10(8-13(18)19)9-16-14(20)12-4-3-7-17(12)15(21)11-5-6-11/h10-12H,2-9H2,1H3,(H,16,20)(H,18,19). The molecule has 1 saturated carbocycles. The molecule has 2 amide bonds. The number of nitrogens with zero attached hydrogens (tertiary/aromatic N) is 1. The maximum absolute atomic E-state index is 12.3. The highest BCUT2D eigenvalue weighted by molar-refractivity contribution is 5.90. The van der Waals surface area contributed by atoms with Gasteiger partial charge in [-0.25, -0.2) is 0 Å². The Morgan fingerprint density at radius 3 is 2.57 bits per heavy atom. The van der Waals surface area contributed by atoms with Gasteiger partial charge in [0.15, 0.2) is 0 Å². The minimum Gasteiger partial charge on any atom is -0.481 e. The van der Waals surface area contributed by atoms with Crippen molar-refractivity contribution in [3.05, 3.63) is 0 Å². The molecule has 6 heteroatoms. The molecule has 0 radical (unpaired) electrons. The summed E-state index contributed by atoms with van der Waals surface area (Å²) in [5.74, 6) is -0.785. The van der Waals surface area contributed by atoms with Crippen LogP contribution in [0.3, 0.4) is 0 Å². The van der Waals surface area contributed by atoms with Crippen molar-refractivity contribution in [3.63, 3.8) is 0 Å². The van der Waals surface area contributed by atoms with E-state index in [1.807, 2.05) is 6.92 Å². The van der Waals surface area contributed by atoms with Crippen molar-refractivity contribution in [1.29, 1.82) is 0 Å². The second kappa shape index (κ2) is 6.91. The third kappa shape index (κ3) is 4.19. The topological polar surface area (TPSA) is 86.7 Å². The van der Waals surface area contributed by atoms with E-state index in [1.165, 1.54) is 0 Å². The van der Waals surface area contributed by atoms with Gasteiger partial charge in [0.2, 0.25) is 11.8 Å². The molecule has 2 fully saturated rings. The Hall–Kier alpha value is -1.59. The van der Waals surface area contributed by atoms with Crippen LogP contribution in [-0.2, 0) is 14.4 Å². The normalized spacial score (nSPS) is 22.9. The minimum atomic E-state index is -0.845. The molecule has 1 saturated heterocycles. The summed E-state index contributed by atoms with van der Waals surface area (Å²) in [6.45, 7) is 2.95. The first-order valence-electron chi connectivity index (χ1n) is 7.83. The molecule has 1 aliphatic carbocycles. The molecule has 118 valence electrons. The summed E-state index contributed by atoms with van der Waals surface area (Å²) in [6.07, 6.45) is 4.23. The quantitative estimate of drug-likeness (QED) is 0.734. The lowest BCUT2D eigenvalue weighted by Gasteiger charge is -2.24. The van der Waals surface area contributed by atoms with Gasteiger partial charge in [-0.2, -0.15) is 0 Å². The van der Waals surface area contributed by atoms with Crippen LogP contribution in [-0.4, -0.2) is 46.9 Å². The molecule has 2 N–H and O–H groups in total. The molecule has 0 aromatic heterocycles. The number of amides is 2. The Balaban J connectivity index is 1.83. The van der Waals surface area contributed by atoms with Crippen molar-refractivity contribution in [2.75, 3.05) is 13.1 Å². The second-order valence-electron chi connectivity index (χ2n) is 6.08. The summed E-state index contributed by atoms with van der Waals surface area (Å²) in [7, 11) is 0. The van der Waals surface area contributed by atoms with Crippen molar-refractivity contribution >= 4 is 17.8 Å². The number of hydrogen-bond acceptors (Lipinski definition) is 3. The zero-order chi connectivity index (χ0) is 15.4. The van der Waals surface area contributed by atoms with Gasteiger partial charge in [0, 0.05) is 25.4 Å². The van der Waals surface area contributed by atoms with Gasteiger partial charge in [-0.1, -0.05) is 13.3 Å². The molecule has 1 heterocycles. The number of hydrogen-bond donors (Lipinski definition) is 2. The van der Waals surface area contributed by atoms with Crippen LogP contribution < -0.4 is 5.32 Å². The molecule has 2 atom stereocenters. The van der Waals surface area contributed by atoms with E-state index in [0.29, 0.717) is 25.9 Å². The Morgan fingerprint density at radius 2 is 2.00 bits per heavy atom. The third-order valence-corrected chi connectivity index (χ3v) is 4.37. The molecule has 21 heavy (non-hydrogen) atoms. The number of aliphatic carboxylic acids is 1. The van der Waals surface area contributed by atoms with E-state index in [-0.39, 0.29) is 36.1 Å². The molecule has 2 rings (SSSR count). The maximum atomic E-state index is 12.3. The molecule has 6 nitrogen and oxygen atoms in total. The molecular formula is C15H24N2O4. The average Bonchev–Trinajstić information content (AvgIpc) is 3.18. The number of carboxylic acid groups (broad SMARTS) is 1. The van der Waals surface area contributed by atoms with Crippen LogP contribution in [0.4, 0.5) is 0 Å². The fraction of sp³-hybridized carbons (Fsp3) is 0.800. The zero-order valence-electron chi connectivity index (χ0n) is 12.5. The van der Waals surface area contributed by atoms with Crippen LogP contribution in [0.2, 0.25) is 0 Å². The Kier molecular flexibility index (Phi) is 5.20. The molecular weight excluding hydrogens is 272 g/mol. The van der Waals surface area contributed by atoms with Gasteiger partial charge in [-0.05, 0) is 31.6 Å². The van der Waals surface area contributed by atoms with E-state index in [0.717, 1.165) is 19.3 Å². The van der Waals surface area contributed by atoms with Crippen LogP contribution in [0, 0.1) is 11.8 Å². The second-order valence-corrected chi connectivity index (χ2v) is 6.08. The summed E-state index contributed by atoms with van der Waals surface area (Å²) in [5.41, 5.74) is 0. The smallest absolute Gasteiger partial charge is 0.303 e. The zero-order valence-corrected chi connectivity index (χ0v) is 12.5. The summed E-state index contributed by atoms with van der Waals surface area (Å²) < 4.78 is 0. The van der Waals surface area contributed by atoms with Crippen LogP contribution in [0.15, 0.2) is 0 Å². The monoisotopic (exact) mass is 296 g/mol. The molecule has 0 aromatic rings. The van der Waals surface area contributed by atoms with E-state index in [9.17, 15) is 14.4 Å². The first-order valence-corrected chi connectivity index (χ1v) is 7.83. The number of nitrogens with one attached hydrogen (secondary N) is 1. The van der Waals surface area contributed by atoms with E-state index in [1.54, 1.807) is 4.90 Å². The summed E-state index contributed by atoms with van der Waals surface area (Å²) in [6, 6.07) is -0.361. The SMILES string of the molecule is CCC(CNC(=O)C1CCCN1C(=O)C1CC1)CC(=O)O. The Morgan fingerprint density at radius 1 is 1.29 bits per heavy atom. The number of likely N-dealkylation sites (tertiary alicyclic amines) is 1. The number of rotatable bonds is 7. The van der Waals surface area contributed by atoms with Gasteiger partial charge >= 0.3 is 5.97 Å². The molecule has 2 aliphatic rings. The first-order chi connectivity index (χ1) is 10.0. The lowest BCUT2D eigenvalue weighted by molar-refractivity contribution is -0.139. The summed E-state index contributed by atoms with van der Waals surface area (Å²) in [4.78, 5) is 36.8. The van der Waals surface area contributed by atoms with Crippen LogP contribution in [0.1, 0.15) is 45.4 Å². The molecule has 1 aliphatic heterocycles. The molecule has 2 unspecified atom stereocenters. The third-order valence-electron chi connectivity index (χ3n) is 4.37. The Bertz CT molecular complexity index is 420. The highest BCUT2D eigenvalue weighted by Crippen LogP contribution is 2.33. The van der Waals surface area contributed by atoms with E-state index in [4.69, 9.17) is 5.11 Å². The molecule has 0 bridgehead atoms. The van der Waals surface area contributed by atoms with E-state index < -0.39 is 5.97 Å². The number of carbonyl (C=O) groups excluding carboxylic acids is 2. The summed E-state index contributed by atoms with van der Waals surface area (Å²) >= 11 is 0. The van der Waals surface area contributed by atoms with Crippen molar-refractivity contribution in [2.24, 2.45) is 11.8 Å². The van der Waals surface area contributed by atoms with Gasteiger partial charge in [0.1, 0.15) is 6.04 Å². The summed E-state index contributed by atoms with van der Waals surface area (Å²) in [5, 5.41) is 11.6. The van der Waals surface area contributed by atoms with Crippen LogP contribution in [0.5, 0.6) is 0 Å². The van der Waals surface area contributed by atoms with Gasteiger partial charge < -0.3 is 15.3 Å². The van der Waals surface area contributed by atoms with Crippen molar-refractivity contribution in [2.45, 2.75) is 51.5 Å². The van der Waals surface area contributed by atoms with E-state index >= 15 is 0 Å². The van der Waals surface area contributed by atoms with Gasteiger partial charge in [0.25, 0.3) is 0 Å². The average molecular weight is 296 g/mol. The van der Waals surface area contributed by atoms with Gasteiger partial charge in [-0.15, -0.1) is 0 Å². The van der Waals surface area contributed by atoms with Crippen molar-refractivity contribution in [3.8, 4) is 0 Å². The van der Waals surface area contributed by atoms with Gasteiger partial charge in [-0.3, -0.25) is 14.4 Å². The minimum absolute atomic E-state index is 0.0552. The van der Waals surface area contributed by atoms with Crippen LogP contribution in [0.25, 0.3) is 0 Å². The lowest BCUT2D eigenvalue weighted by atomic mass is 10.0. The van der Waals surface area contributed by atoms with Crippen molar-refractivity contribution in [1.82, 2.24) is 10.2 Å². The molecule has 0 aromatic carbocycles. The van der Waals surface area contributed by atoms with Crippen LogP contribution >= 0.6 is 0 Å². The van der Waals surface area contributed by atoms with Crippen molar-refractivity contribution < 1.29 is 19.5 Å². The first kappa shape index (κ1) is 15.8. The van der Waals surface area contributed by atoms with E-state index in [2.05, 4.69) is 5.32 Å². The number of carbonyl (C=O) groups is 3. The number of carboxylic acids is 1. The largest absolute Gasteiger partial charge is 0.481 e. The maximum Gasteiger partial charge on any atom is 0.303 e. The highest BCUT2D eigenvalue weighted by atomic mass is 16.4. The molecule has 0 spiro atoms. The van der Waals surface area contributed by atoms with Gasteiger partial charge in [0.05, 0.1) is 0 Å². The fourth-order valence-electron chi connectivity index (χ4n) is 2.84. The fourth-order valence-corrected chi connectivity index (χ4v) is 2.84. The Labute approximate surface area is 124 Å². The predicted molar refractivity (Wildman–Crippen MR) is 76.5 cm³/mol. The highest BCUT2D eigenvalue weighted by Gasteiger charge is 2.40. The lowest BCUT2D eigenvalue weighted by Crippen LogP contribution is -2.47. The predicted octanol–water partition coefficient (Wildman–Crippen LogP) is 1.00.